The van der Waals surface area contributed by atoms with Crippen molar-refractivity contribution >= 4 is 5.97 Å². The second-order valence-corrected chi connectivity index (χ2v) is 8.34. The van der Waals surface area contributed by atoms with Crippen molar-refractivity contribution in [2.24, 2.45) is 0 Å². The highest BCUT2D eigenvalue weighted by molar-refractivity contribution is 5.92. The fraction of sp³-hybridized carbons (Fsp3) is 0.240. The van der Waals surface area contributed by atoms with E-state index >= 15 is 0 Å². The normalized spacial score (nSPS) is 12.8. The summed E-state index contributed by atoms with van der Waals surface area (Å²) in [6.07, 6.45) is -20.7. The lowest BCUT2D eigenvalue weighted by Gasteiger charge is -2.18. The Bertz CT molecular complexity index is 1360. The average Bonchev–Trinajstić information content (AvgIpc) is 2.83. The van der Waals surface area contributed by atoms with E-state index in [0.29, 0.717) is 24.3 Å². The molecule has 0 fully saturated rings. The predicted molar refractivity (Wildman–Crippen MR) is 115 cm³/mol. The van der Waals surface area contributed by atoms with Crippen molar-refractivity contribution in [2.75, 3.05) is 0 Å². The number of carboxylic acids is 1. The first-order chi connectivity index (χ1) is 18.7. The number of hydrogen-bond donors (Lipinski definition) is 1. The molecule has 222 valence electrons. The Morgan fingerprint density at radius 1 is 0.585 bits per heavy atom. The van der Waals surface area contributed by atoms with Gasteiger partial charge in [0.2, 0.25) is 0 Å². The third kappa shape index (κ3) is 7.98. The van der Waals surface area contributed by atoms with Crippen LogP contribution >= 0.6 is 0 Å². The van der Waals surface area contributed by atoms with Gasteiger partial charge in [0.25, 0.3) is 0 Å². The molecule has 3 aromatic rings. The maximum Gasteiger partial charge on any atom is 0.416 e. The quantitative estimate of drug-likeness (QED) is 0.274. The van der Waals surface area contributed by atoms with Crippen LogP contribution in [0.2, 0.25) is 0 Å². The zero-order valence-electron chi connectivity index (χ0n) is 19.8. The average molecular weight is 606 g/mol. The number of ether oxygens (including phenoxy) is 2. The minimum atomic E-state index is -5.19. The number of benzene rings is 3. The van der Waals surface area contributed by atoms with Gasteiger partial charge in [0.1, 0.15) is 18.8 Å². The molecule has 0 aliphatic carbocycles. The lowest BCUT2D eigenvalue weighted by atomic mass is 10.0. The summed E-state index contributed by atoms with van der Waals surface area (Å²) in [5.74, 6) is -3.04. The zero-order chi connectivity index (χ0) is 31.0. The van der Waals surface area contributed by atoms with Crippen LogP contribution in [0, 0.1) is 0 Å². The van der Waals surface area contributed by atoms with Gasteiger partial charge in [-0.3, -0.25) is 0 Å². The Hall–Kier alpha value is -4.11. The van der Waals surface area contributed by atoms with Crippen LogP contribution < -0.4 is 9.47 Å². The zero-order valence-corrected chi connectivity index (χ0v) is 19.8. The van der Waals surface area contributed by atoms with Crippen LogP contribution in [0.25, 0.3) is 0 Å². The molecule has 0 radical (unpaired) electrons. The lowest BCUT2D eigenvalue weighted by molar-refractivity contribution is -0.144. The second kappa shape index (κ2) is 11.0. The Morgan fingerprint density at radius 3 is 1.29 bits per heavy atom. The van der Waals surface area contributed by atoms with Crippen LogP contribution in [0.5, 0.6) is 11.5 Å². The molecule has 0 unspecified atom stereocenters. The van der Waals surface area contributed by atoms with E-state index in [9.17, 15) is 62.6 Å². The molecule has 0 bridgehead atoms. The summed E-state index contributed by atoms with van der Waals surface area (Å²) in [7, 11) is 0. The Kier molecular flexibility index (Phi) is 8.46. The lowest BCUT2D eigenvalue weighted by Crippen LogP contribution is -2.13. The fourth-order valence-corrected chi connectivity index (χ4v) is 3.47. The largest absolute Gasteiger partial charge is 0.485 e. The molecule has 41 heavy (non-hydrogen) atoms. The molecule has 1 N–H and O–H groups in total. The molecule has 3 aromatic carbocycles. The maximum absolute atomic E-state index is 13.2. The summed E-state index contributed by atoms with van der Waals surface area (Å²) >= 11 is 0. The van der Waals surface area contributed by atoms with Gasteiger partial charge in [-0.1, -0.05) is 6.07 Å². The first kappa shape index (κ1) is 31.4. The van der Waals surface area contributed by atoms with Gasteiger partial charge >= 0.3 is 30.7 Å². The standard InChI is InChI=1S/C25H14F12O4/c26-22(27,28)14-4-12(5-15(8-14)23(29,30)31)10-40-19-3-1-2-18(21(38)39)20(19)41-11-13-6-16(24(32,33)34)9-17(7-13)25(35,36)37/h1-9H,10-11H2,(H,38,39). The third-order valence-corrected chi connectivity index (χ3v) is 5.28. The summed E-state index contributed by atoms with van der Waals surface area (Å²) < 4.78 is 168. The molecule has 3 rings (SSSR count). The van der Waals surface area contributed by atoms with Crippen LogP contribution in [-0.4, -0.2) is 11.1 Å². The van der Waals surface area contributed by atoms with Crippen LogP contribution in [0.1, 0.15) is 43.7 Å². The molecule has 0 atom stereocenters. The number of halogens is 12. The fourth-order valence-electron chi connectivity index (χ4n) is 3.47. The molecular formula is C25H14F12O4. The van der Waals surface area contributed by atoms with E-state index in [2.05, 4.69) is 0 Å². The van der Waals surface area contributed by atoms with Crippen LogP contribution in [0.15, 0.2) is 54.6 Å². The van der Waals surface area contributed by atoms with Crippen LogP contribution in [0.4, 0.5) is 52.7 Å². The van der Waals surface area contributed by atoms with Crippen molar-refractivity contribution in [1.29, 1.82) is 0 Å². The first-order valence-corrected chi connectivity index (χ1v) is 10.8. The smallest absolute Gasteiger partial charge is 0.416 e. The van der Waals surface area contributed by atoms with Gasteiger partial charge < -0.3 is 14.6 Å². The van der Waals surface area contributed by atoms with E-state index in [4.69, 9.17) is 9.47 Å². The third-order valence-electron chi connectivity index (χ3n) is 5.28. The summed E-state index contributed by atoms with van der Waals surface area (Å²) in [5, 5.41) is 9.44. The molecule has 0 spiro atoms. The topological polar surface area (TPSA) is 55.8 Å². The molecule has 0 aliphatic heterocycles. The van der Waals surface area contributed by atoms with Crippen molar-refractivity contribution in [1.82, 2.24) is 0 Å². The Labute approximate surface area is 221 Å². The van der Waals surface area contributed by atoms with E-state index in [-0.39, 0.29) is 12.1 Å². The minimum absolute atomic E-state index is 0.132. The highest BCUT2D eigenvalue weighted by atomic mass is 19.4. The van der Waals surface area contributed by atoms with Gasteiger partial charge in [0.05, 0.1) is 22.3 Å². The van der Waals surface area contributed by atoms with Crippen molar-refractivity contribution in [3.63, 3.8) is 0 Å². The summed E-state index contributed by atoms with van der Waals surface area (Å²) in [4.78, 5) is 11.7. The highest BCUT2D eigenvalue weighted by Gasteiger charge is 2.38. The van der Waals surface area contributed by atoms with Gasteiger partial charge in [-0.2, -0.15) is 52.7 Å². The van der Waals surface area contributed by atoms with Gasteiger partial charge in [0, 0.05) is 0 Å². The number of carbonyl (C=O) groups is 1. The van der Waals surface area contributed by atoms with E-state index in [1.807, 2.05) is 0 Å². The predicted octanol–water partition coefficient (Wildman–Crippen LogP) is 8.62. The maximum atomic E-state index is 13.2. The number of hydrogen-bond acceptors (Lipinski definition) is 3. The van der Waals surface area contributed by atoms with Crippen LogP contribution in [-0.2, 0) is 37.9 Å². The molecule has 0 saturated heterocycles. The molecule has 0 heterocycles. The van der Waals surface area contributed by atoms with Gasteiger partial charge in [0.15, 0.2) is 11.5 Å². The second-order valence-electron chi connectivity index (χ2n) is 8.34. The molecule has 0 amide bonds. The number of aromatic carboxylic acids is 1. The molecule has 0 aliphatic rings. The van der Waals surface area contributed by atoms with Crippen molar-refractivity contribution in [2.45, 2.75) is 37.9 Å². The Balaban J connectivity index is 1.98. The van der Waals surface area contributed by atoms with E-state index in [0.717, 1.165) is 18.2 Å². The van der Waals surface area contributed by atoms with Crippen LogP contribution in [0.3, 0.4) is 0 Å². The number of para-hydroxylation sites is 1. The first-order valence-electron chi connectivity index (χ1n) is 10.8. The van der Waals surface area contributed by atoms with Gasteiger partial charge in [-0.15, -0.1) is 0 Å². The van der Waals surface area contributed by atoms with Gasteiger partial charge in [-0.05, 0) is 59.7 Å². The summed E-state index contributed by atoms with van der Waals surface area (Å²) in [5.41, 5.74) is -8.74. The molecule has 4 nitrogen and oxygen atoms in total. The van der Waals surface area contributed by atoms with E-state index in [1.54, 1.807) is 0 Å². The number of carboxylic acid groups (broad SMARTS) is 1. The minimum Gasteiger partial charge on any atom is -0.485 e. The summed E-state index contributed by atoms with van der Waals surface area (Å²) in [6, 6.07) is 3.99. The van der Waals surface area contributed by atoms with Crippen molar-refractivity contribution in [3.8, 4) is 11.5 Å². The Morgan fingerprint density at radius 2 is 0.951 bits per heavy atom. The molecule has 0 saturated carbocycles. The number of alkyl halides is 12. The van der Waals surface area contributed by atoms with Gasteiger partial charge in [-0.25, -0.2) is 4.79 Å². The molecule has 0 aromatic heterocycles. The molecule has 16 heteroatoms. The van der Waals surface area contributed by atoms with E-state index < -0.39 is 94.3 Å². The molecular weight excluding hydrogens is 592 g/mol. The van der Waals surface area contributed by atoms with Crippen molar-refractivity contribution in [3.05, 3.63) is 93.5 Å². The van der Waals surface area contributed by atoms with Crippen molar-refractivity contribution < 1.29 is 72.1 Å². The van der Waals surface area contributed by atoms with E-state index in [1.165, 1.54) is 0 Å². The number of rotatable bonds is 7. The summed E-state index contributed by atoms with van der Waals surface area (Å²) in [6.45, 7) is -2.05. The SMILES string of the molecule is O=C(O)c1cccc(OCc2cc(C(F)(F)F)cc(C(F)(F)F)c2)c1OCc1cc(C(F)(F)F)cc(C(F)(F)F)c1. The monoisotopic (exact) mass is 606 g/mol. The highest BCUT2D eigenvalue weighted by Crippen LogP contribution is 2.39.